The molecule has 0 radical (unpaired) electrons. The van der Waals surface area contributed by atoms with E-state index in [2.05, 4.69) is 14.9 Å². The average molecular weight is 380 g/mol. The molecule has 2 saturated heterocycles. The largest absolute Gasteiger partial charge is 0.348 e. The first-order valence-electron chi connectivity index (χ1n) is 8.22. The Morgan fingerprint density at radius 2 is 2.16 bits per heavy atom. The zero-order valence-corrected chi connectivity index (χ0v) is 15.5. The lowest BCUT2D eigenvalue weighted by atomic mass is 10.0. The zero-order valence-electron chi connectivity index (χ0n) is 13.9. The van der Waals surface area contributed by atoms with Gasteiger partial charge < -0.3 is 9.88 Å². The summed E-state index contributed by atoms with van der Waals surface area (Å²) in [4.78, 5) is 24.8. The van der Waals surface area contributed by atoms with Crippen LogP contribution in [-0.2, 0) is 16.4 Å². The summed E-state index contributed by atoms with van der Waals surface area (Å²) in [6.07, 6.45) is 1.66. The zero-order chi connectivity index (χ0) is 17.6. The van der Waals surface area contributed by atoms with Crippen LogP contribution in [0.2, 0.25) is 0 Å². The predicted molar refractivity (Wildman–Crippen MR) is 95.3 cm³/mol. The number of carbonyl (C=O) groups excluding carboxylic acids is 1. The van der Waals surface area contributed by atoms with Gasteiger partial charge in [-0.25, -0.2) is 13.4 Å². The summed E-state index contributed by atoms with van der Waals surface area (Å²) in [6.45, 7) is 3.76. The van der Waals surface area contributed by atoms with Gasteiger partial charge in [0.15, 0.2) is 9.84 Å². The number of sulfone groups is 1. The van der Waals surface area contributed by atoms with E-state index < -0.39 is 9.84 Å². The van der Waals surface area contributed by atoms with Crippen molar-refractivity contribution in [2.45, 2.75) is 25.6 Å². The Bertz CT molecular complexity index is 875. The molecule has 0 bridgehead atoms. The Labute approximate surface area is 150 Å². The van der Waals surface area contributed by atoms with Crippen molar-refractivity contribution in [3.05, 3.63) is 40.1 Å². The van der Waals surface area contributed by atoms with Gasteiger partial charge in [-0.05, 0) is 18.4 Å². The smallest absolute Gasteiger partial charge is 0.264 e. The summed E-state index contributed by atoms with van der Waals surface area (Å²) in [5.41, 5.74) is 1.93. The third-order valence-corrected chi connectivity index (χ3v) is 7.63. The lowest BCUT2D eigenvalue weighted by Crippen LogP contribution is -2.60. The van der Waals surface area contributed by atoms with E-state index in [-0.39, 0.29) is 29.5 Å². The van der Waals surface area contributed by atoms with Gasteiger partial charge in [0, 0.05) is 31.4 Å². The third-order valence-electron chi connectivity index (χ3n) is 5.07. The predicted octanol–water partition coefficient (Wildman–Crippen LogP) is 0.903. The minimum absolute atomic E-state index is 0.0465. The fraction of sp³-hybridized carbons (Fsp3) is 0.500. The van der Waals surface area contributed by atoms with Crippen LogP contribution in [0.15, 0.2) is 23.8 Å². The maximum absolute atomic E-state index is 12.8. The number of nitrogens with zero attached hydrogens (tertiary/aromatic N) is 3. The normalized spacial score (nSPS) is 25.9. The number of carbonyl (C=O) groups is 1. The molecule has 134 valence electrons. The van der Waals surface area contributed by atoms with E-state index in [1.165, 1.54) is 11.3 Å². The quantitative estimate of drug-likeness (QED) is 0.855. The van der Waals surface area contributed by atoms with Gasteiger partial charge in [0.05, 0.1) is 34.4 Å². The second kappa shape index (κ2) is 6.22. The van der Waals surface area contributed by atoms with Crippen molar-refractivity contribution >= 4 is 27.1 Å². The van der Waals surface area contributed by atoms with Crippen molar-refractivity contribution in [3.63, 3.8) is 0 Å². The fourth-order valence-electron chi connectivity index (χ4n) is 3.75. The molecule has 2 aliphatic heterocycles. The summed E-state index contributed by atoms with van der Waals surface area (Å²) in [5, 5.41) is 1.87. The maximum Gasteiger partial charge on any atom is 0.264 e. The lowest BCUT2D eigenvalue weighted by molar-refractivity contribution is 0.0306. The molecule has 1 amide bonds. The standard InChI is InChI=1S/C16H20N4O3S2/c1-11-12(18-10-17-11)7-19-4-5-20(16(21)15-3-2-6-24-15)14-9-25(22,23)8-13(14)19/h2-3,6,10,13-14H,4-5,7-9H2,1H3,(H,17,18). The number of aromatic nitrogens is 2. The van der Waals surface area contributed by atoms with E-state index in [1.54, 1.807) is 17.3 Å². The molecule has 25 heavy (non-hydrogen) atoms. The maximum atomic E-state index is 12.8. The van der Waals surface area contributed by atoms with E-state index in [9.17, 15) is 13.2 Å². The summed E-state index contributed by atoms with van der Waals surface area (Å²) in [5.74, 6) is 0.0953. The molecule has 7 nitrogen and oxygen atoms in total. The average Bonchev–Trinajstić information content (AvgIpc) is 3.27. The minimum Gasteiger partial charge on any atom is -0.348 e. The van der Waals surface area contributed by atoms with E-state index >= 15 is 0 Å². The Kier molecular flexibility index (Phi) is 4.17. The number of aryl methyl sites for hydroxylation is 1. The topological polar surface area (TPSA) is 86.4 Å². The molecular weight excluding hydrogens is 360 g/mol. The van der Waals surface area contributed by atoms with Crippen molar-refractivity contribution < 1.29 is 13.2 Å². The number of piperazine rings is 1. The number of H-pyrrole nitrogens is 1. The second-order valence-corrected chi connectivity index (χ2v) is 9.73. The number of hydrogen-bond donors (Lipinski definition) is 1. The van der Waals surface area contributed by atoms with Gasteiger partial charge in [-0.15, -0.1) is 11.3 Å². The molecule has 0 spiro atoms. The number of nitrogens with one attached hydrogen (secondary N) is 1. The lowest BCUT2D eigenvalue weighted by Gasteiger charge is -2.43. The van der Waals surface area contributed by atoms with Crippen LogP contribution in [0.4, 0.5) is 0 Å². The van der Waals surface area contributed by atoms with Crippen LogP contribution in [0.5, 0.6) is 0 Å². The van der Waals surface area contributed by atoms with Crippen LogP contribution in [0, 0.1) is 6.92 Å². The summed E-state index contributed by atoms with van der Waals surface area (Å²) < 4.78 is 24.6. The van der Waals surface area contributed by atoms with Crippen molar-refractivity contribution in [1.82, 2.24) is 19.8 Å². The first-order chi connectivity index (χ1) is 11.9. The highest BCUT2D eigenvalue weighted by molar-refractivity contribution is 7.91. The van der Waals surface area contributed by atoms with Gasteiger partial charge in [-0.2, -0.15) is 0 Å². The van der Waals surface area contributed by atoms with Crippen LogP contribution >= 0.6 is 11.3 Å². The molecule has 0 aliphatic carbocycles. The van der Waals surface area contributed by atoms with Crippen LogP contribution in [0.25, 0.3) is 0 Å². The summed E-state index contributed by atoms with van der Waals surface area (Å²) in [7, 11) is -3.15. The van der Waals surface area contributed by atoms with E-state index in [4.69, 9.17) is 0 Å². The van der Waals surface area contributed by atoms with Crippen molar-refractivity contribution in [3.8, 4) is 0 Å². The van der Waals surface area contributed by atoms with Gasteiger partial charge in [0.25, 0.3) is 5.91 Å². The number of aromatic amines is 1. The Balaban J connectivity index is 1.60. The van der Waals surface area contributed by atoms with Gasteiger partial charge in [-0.3, -0.25) is 9.69 Å². The van der Waals surface area contributed by atoms with Gasteiger partial charge in [0.2, 0.25) is 0 Å². The molecule has 2 atom stereocenters. The minimum atomic E-state index is -3.15. The molecule has 2 aromatic heterocycles. The first-order valence-corrected chi connectivity index (χ1v) is 10.9. The fourth-order valence-corrected chi connectivity index (χ4v) is 6.44. The summed E-state index contributed by atoms with van der Waals surface area (Å²) in [6, 6.07) is 3.19. The molecule has 0 saturated carbocycles. The highest BCUT2D eigenvalue weighted by Crippen LogP contribution is 2.30. The number of amides is 1. The Morgan fingerprint density at radius 3 is 2.84 bits per heavy atom. The number of thiophene rings is 1. The molecule has 0 aromatic carbocycles. The van der Waals surface area contributed by atoms with Crippen molar-refractivity contribution in [1.29, 1.82) is 0 Å². The van der Waals surface area contributed by atoms with Crippen LogP contribution in [-0.4, -0.2) is 70.8 Å². The van der Waals surface area contributed by atoms with Crippen LogP contribution < -0.4 is 0 Å². The highest BCUT2D eigenvalue weighted by atomic mass is 32.2. The molecule has 2 unspecified atom stereocenters. The number of hydrogen-bond acceptors (Lipinski definition) is 6. The van der Waals surface area contributed by atoms with E-state index in [0.717, 1.165) is 11.4 Å². The van der Waals surface area contributed by atoms with Crippen molar-refractivity contribution in [2.24, 2.45) is 0 Å². The van der Waals surface area contributed by atoms with E-state index in [1.807, 2.05) is 18.4 Å². The van der Waals surface area contributed by atoms with Gasteiger partial charge in [-0.1, -0.05) is 6.07 Å². The second-order valence-electron chi connectivity index (χ2n) is 6.63. The SMILES string of the molecule is Cc1[nH]cnc1CN1CCN(C(=O)c2cccs2)C2CS(=O)(=O)CC21. The monoisotopic (exact) mass is 380 g/mol. The number of fused-ring (bicyclic) bond motifs is 1. The molecule has 4 rings (SSSR count). The first kappa shape index (κ1) is 16.7. The molecule has 2 aliphatic rings. The number of imidazole rings is 1. The Morgan fingerprint density at radius 1 is 1.36 bits per heavy atom. The van der Waals surface area contributed by atoms with Crippen LogP contribution in [0.3, 0.4) is 0 Å². The third kappa shape index (κ3) is 3.11. The van der Waals surface area contributed by atoms with Gasteiger partial charge in [0.1, 0.15) is 0 Å². The molecule has 1 N–H and O–H groups in total. The Hall–Kier alpha value is -1.71. The molecule has 9 heteroatoms. The van der Waals surface area contributed by atoms with Crippen LogP contribution in [0.1, 0.15) is 21.1 Å². The molecule has 4 heterocycles. The molecule has 2 aromatic rings. The van der Waals surface area contributed by atoms with E-state index in [0.29, 0.717) is 24.5 Å². The summed E-state index contributed by atoms with van der Waals surface area (Å²) >= 11 is 1.40. The van der Waals surface area contributed by atoms with Crippen molar-refractivity contribution in [2.75, 3.05) is 24.6 Å². The van der Waals surface area contributed by atoms with Gasteiger partial charge >= 0.3 is 0 Å². The highest BCUT2D eigenvalue weighted by Gasteiger charge is 2.48. The molecule has 2 fully saturated rings. The molecular formula is C16H20N4O3S2. The number of rotatable bonds is 3.